The van der Waals surface area contributed by atoms with Crippen molar-refractivity contribution in [3.05, 3.63) is 65.1 Å². The van der Waals surface area contributed by atoms with Crippen LogP contribution in [0.4, 0.5) is 10.1 Å². The Bertz CT molecular complexity index is 905. The Morgan fingerprint density at radius 1 is 1.12 bits per heavy atom. The number of benzene rings is 2. The topological polar surface area (TPSA) is 42.5 Å². The zero-order valence-electron chi connectivity index (χ0n) is 14.3. The standard InChI is InChI=1S/C20H21ClFN3O/c21-17-3-1-2-4-19(17)25-9-7-24(8-10-25)13-20(26)16-12-23-18-6-5-14(22)11-15(16)18/h1-6,11-12,20,23,26H,7-10,13H2/t20-/m0/s1. The molecular weight excluding hydrogens is 353 g/mol. The van der Waals surface area contributed by atoms with Crippen LogP contribution < -0.4 is 4.90 Å². The second kappa shape index (κ2) is 7.27. The lowest BCUT2D eigenvalue weighted by molar-refractivity contribution is 0.110. The quantitative estimate of drug-likeness (QED) is 0.730. The van der Waals surface area contributed by atoms with Gasteiger partial charge in [-0.1, -0.05) is 23.7 Å². The maximum Gasteiger partial charge on any atom is 0.123 e. The average Bonchev–Trinajstić information content (AvgIpc) is 3.06. The number of aromatic amines is 1. The molecule has 0 spiro atoms. The van der Waals surface area contributed by atoms with Crippen LogP contribution in [0.3, 0.4) is 0 Å². The summed E-state index contributed by atoms with van der Waals surface area (Å²) < 4.78 is 13.5. The van der Waals surface area contributed by atoms with Crippen LogP contribution in [0.2, 0.25) is 5.02 Å². The van der Waals surface area contributed by atoms with Crippen molar-refractivity contribution in [1.82, 2.24) is 9.88 Å². The minimum absolute atomic E-state index is 0.293. The molecule has 0 saturated carbocycles. The van der Waals surface area contributed by atoms with Crippen LogP contribution in [0.5, 0.6) is 0 Å². The summed E-state index contributed by atoms with van der Waals surface area (Å²) in [7, 11) is 0. The van der Waals surface area contributed by atoms with E-state index in [-0.39, 0.29) is 5.82 Å². The molecule has 1 aliphatic heterocycles. The summed E-state index contributed by atoms with van der Waals surface area (Å²) in [5.74, 6) is -0.293. The van der Waals surface area contributed by atoms with Crippen molar-refractivity contribution in [3.8, 4) is 0 Å². The summed E-state index contributed by atoms with van der Waals surface area (Å²) >= 11 is 6.28. The third kappa shape index (κ3) is 3.43. The highest BCUT2D eigenvalue weighted by molar-refractivity contribution is 6.33. The van der Waals surface area contributed by atoms with Crippen molar-refractivity contribution in [2.45, 2.75) is 6.10 Å². The van der Waals surface area contributed by atoms with E-state index < -0.39 is 6.10 Å². The number of hydrogen-bond donors (Lipinski definition) is 2. The summed E-state index contributed by atoms with van der Waals surface area (Å²) in [4.78, 5) is 7.60. The summed E-state index contributed by atoms with van der Waals surface area (Å²) in [6.07, 6.45) is 1.12. The van der Waals surface area contributed by atoms with Crippen LogP contribution in [-0.4, -0.2) is 47.7 Å². The van der Waals surface area contributed by atoms with E-state index in [4.69, 9.17) is 11.6 Å². The lowest BCUT2D eigenvalue weighted by Gasteiger charge is -2.37. The van der Waals surface area contributed by atoms with Gasteiger partial charge in [0.25, 0.3) is 0 Å². The first kappa shape index (κ1) is 17.3. The van der Waals surface area contributed by atoms with E-state index in [0.717, 1.165) is 53.4 Å². The third-order valence-electron chi connectivity index (χ3n) is 5.03. The molecule has 6 heteroatoms. The molecule has 1 fully saturated rings. The molecule has 136 valence electrons. The van der Waals surface area contributed by atoms with Crippen molar-refractivity contribution in [2.24, 2.45) is 0 Å². The van der Waals surface area contributed by atoms with E-state index in [0.29, 0.717) is 6.54 Å². The minimum Gasteiger partial charge on any atom is -0.387 e. The zero-order chi connectivity index (χ0) is 18.1. The molecule has 26 heavy (non-hydrogen) atoms. The molecule has 1 atom stereocenters. The molecule has 1 saturated heterocycles. The minimum atomic E-state index is -0.655. The van der Waals surface area contributed by atoms with Gasteiger partial charge in [0.1, 0.15) is 5.82 Å². The molecule has 2 N–H and O–H groups in total. The molecule has 0 unspecified atom stereocenters. The van der Waals surface area contributed by atoms with Crippen LogP contribution in [0, 0.1) is 5.82 Å². The molecule has 4 nitrogen and oxygen atoms in total. The number of piperazine rings is 1. The highest BCUT2D eigenvalue weighted by Crippen LogP contribution is 2.28. The van der Waals surface area contributed by atoms with Crippen LogP contribution in [0.1, 0.15) is 11.7 Å². The average molecular weight is 374 g/mol. The molecule has 1 aliphatic rings. The Labute approximate surface area is 156 Å². The summed E-state index contributed by atoms with van der Waals surface area (Å²) in [5.41, 5.74) is 2.64. The second-order valence-electron chi connectivity index (χ2n) is 6.69. The highest BCUT2D eigenvalue weighted by atomic mass is 35.5. The molecular formula is C20H21ClFN3O. The largest absolute Gasteiger partial charge is 0.387 e. The van der Waals surface area contributed by atoms with Gasteiger partial charge in [0.15, 0.2) is 0 Å². The van der Waals surface area contributed by atoms with Gasteiger partial charge in [-0.05, 0) is 30.3 Å². The van der Waals surface area contributed by atoms with Gasteiger partial charge in [-0.15, -0.1) is 0 Å². The summed E-state index contributed by atoms with van der Waals surface area (Å²) in [6.45, 7) is 3.94. The Balaban J connectivity index is 1.41. The van der Waals surface area contributed by atoms with Gasteiger partial charge in [0.2, 0.25) is 0 Å². The molecule has 0 aliphatic carbocycles. The number of para-hydroxylation sites is 1. The Kier molecular flexibility index (Phi) is 4.85. The van der Waals surface area contributed by atoms with E-state index in [1.54, 1.807) is 12.3 Å². The lowest BCUT2D eigenvalue weighted by atomic mass is 10.1. The molecule has 0 amide bonds. The number of aromatic nitrogens is 1. The molecule has 4 rings (SSSR count). The van der Waals surface area contributed by atoms with Gasteiger partial charge in [-0.2, -0.15) is 0 Å². The van der Waals surface area contributed by atoms with E-state index >= 15 is 0 Å². The maximum atomic E-state index is 13.5. The van der Waals surface area contributed by atoms with Crippen molar-refractivity contribution in [3.63, 3.8) is 0 Å². The first-order chi connectivity index (χ1) is 12.6. The van der Waals surface area contributed by atoms with Gasteiger partial charge in [-0.3, -0.25) is 4.90 Å². The maximum absolute atomic E-state index is 13.5. The number of H-pyrrole nitrogens is 1. The number of rotatable bonds is 4. The molecule has 0 bridgehead atoms. The number of nitrogens with one attached hydrogen (secondary N) is 1. The highest BCUT2D eigenvalue weighted by Gasteiger charge is 2.22. The molecule has 1 aromatic heterocycles. The molecule has 3 aromatic rings. The summed E-state index contributed by atoms with van der Waals surface area (Å²) in [5, 5.41) is 12.2. The number of halogens is 2. The van der Waals surface area contributed by atoms with Crippen LogP contribution in [0.15, 0.2) is 48.7 Å². The van der Waals surface area contributed by atoms with Gasteiger partial charge in [0.05, 0.1) is 16.8 Å². The Morgan fingerprint density at radius 3 is 2.65 bits per heavy atom. The van der Waals surface area contributed by atoms with Crippen molar-refractivity contribution in [2.75, 3.05) is 37.6 Å². The third-order valence-corrected chi connectivity index (χ3v) is 5.35. The number of hydrogen-bond acceptors (Lipinski definition) is 3. The molecule has 2 heterocycles. The predicted molar refractivity (Wildman–Crippen MR) is 103 cm³/mol. The van der Waals surface area contributed by atoms with Crippen molar-refractivity contribution in [1.29, 1.82) is 0 Å². The molecule has 2 aromatic carbocycles. The predicted octanol–water partition coefficient (Wildman–Crippen LogP) is 3.82. The Hall–Kier alpha value is -2.08. The fourth-order valence-electron chi connectivity index (χ4n) is 3.61. The van der Waals surface area contributed by atoms with Gasteiger partial charge in [-0.25, -0.2) is 4.39 Å². The van der Waals surface area contributed by atoms with Crippen LogP contribution >= 0.6 is 11.6 Å². The lowest BCUT2D eigenvalue weighted by Crippen LogP contribution is -2.47. The Morgan fingerprint density at radius 2 is 1.88 bits per heavy atom. The fraction of sp³-hybridized carbons (Fsp3) is 0.300. The van der Waals surface area contributed by atoms with E-state index in [1.165, 1.54) is 12.1 Å². The van der Waals surface area contributed by atoms with Crippen molar-refractivity contribution >= 4 is 28.2 Å². The SMILES string of the molecule is O[C@@H](CN1CCN(c2ccccc2Cl)CC1)c1c[nH]c2ccc(F)cc12. The van der Waals surface area contributed by atoms with E-state index in [2.05, 4.69) is 14.8 Å². The number of fused-ring (bicyclic) bond motifs is 1. The fourth-order valence-corrected chi connectivity index (χ4v) is 3.87. The van der Waals surface area contributed by atoms with Crippen LogP contribution in [0.25, 0.3) is 10.9 Å². The number of anilines is 1. The van der Waals surface area contributed by atoms with Gasteiger partial charge < -0.3 is 15.0 Å². The van der Waals surface area contributed by atoms with Crippen LogP contribution in [-0.2, 0) is 0 Å². The number of β-amino-alcohol motifs (C(OH)–C–C–N with tert-alkyl or cyclic N) is 1. The zero-order valence-corrected chi connectivity index (χ0v) is 15.1. The van der Waals surface area contributed by atoms with Gasteiger partial charge >= 0.3 is 0 Å². The smallest absolute Gasteiger partial charge is 0.123 e. The first-order valence-electron chi connectivity index (χ1n) is 8.78. The second-order valence-corrected chi connectivity index (χ2v) is 7.10. The monoisotopic (exact) mass is 373 g/mol. The van der Waals surface area contributed by atoms with Gasteiger partial charge in [0, 0.05) is 55.4 Å². The summed E-state index contributed by atoms with van der Waals surface area (Å²) in [6, 6.07) is 12.5. The number of aliphatic hydroxyl groups is 1. The number of aliphatic hydroxyl groups excluding tert-OH is 1. The van der Waals surface area contributed by atoms with Crippen molar-refractivity contribution < 1.29 is 9.50 Å². The van der Waals surface area contributed by atoms with E-state index in [1.807, 2.05) is 24.3 Å². The van der Waals surface area contributed by atoms with E-state index in [9.17, 15) is 9.50 Å². The normalized spacial score (nSPS) is 17.0. The number of nitrogens with zero attached hydrogens (tertiary/aromatic N) is 2. The molecule has 0 radical (unpaired) electrons. The first-order valence-corrected chi connectivity index (χ1v) is 9.16.